The molecule has 0 spiro atoms. The largest absolute Gasteiger partial charge is 0.423 e. The first-order chi connectivity index (χ1) is 7.20. The van der Waals surface area contributed by atoms with Gasteiger partial charge in [-0.15, -0.1) is 0 Å². The quantitative estimate of drug-likeness (QED) is 0.778. The Kier molecular flexibility index (Phi) is 2.66. The van der Waals surface area contributed by atoms with Crippen molar-refractivity contribution in [3.05, 3.63) is 23.7 Å². The zero-order valence-corrected chi connectivity index (χ0v) is 8.69. The van der Waals surface area contributed by atoms with Gasteiger partial charge in [-0.2, -0.15) is 0 Å². The number of rotatable bonds is 3. The van der Waals surface area contributed by atoms with Gasteiger partial charge >= 0.3 is 0 Å². The lowest BCUT2D eigenvalue weighted by atomic mass is 10.1. The lowest BCUT2D eigenvalue weighted by Gasteiger charge is -2.08. The molecule has 0 aliphatic heterocycles. The fourth-order valence-corrected chi connectivity index (χ4v) is 1.44. The summed E-state index contributed by atoms with van der Waals surface area (Å²) < 4.78 is 5.24. The molecule has 0 aliphatic rings. The summed E-state index contributed by atoms with van der Waals surface area (Å²) in [6.45, 7) is 2.26. The Bertz CT molecular complexity index is 467. The van der Waals surface area contributed by atoms with Crippen molar-refractivity contribution < 1.29 is 9.52 Å². The molecule has 0 fully saturated rings. The molecular formula is C10H13N3O2. The van der Waals surface area contributed by atoms with Gasteiger partial charge in [0.05, 0.1) is 6.10 Å². The standard InChI is InChI=1S/C10H13N3O2/c1-6-13-8-3-7(9(14)5-11-2)4-12-10(8)15-6/h3-4,9,11,14H,5H2,1-2H3. The Morgan fingerprint density at radius 1 is 1.60 bits per heavy atom. The van der Waals surface area contributed by atoms with Gasteiger partial charge in [0.15, 0.2) is 5.89 Å². The number of likely N-dealkylation sites (N-methyl/N-ethyl adjacent to an activating group) is 1. The third kappa shape index (κ3) is 1.98. The summed E-state index contributed by atoms with van der Waals surface area (Å²) in [5.74, 6) is 0.581. The Morgan fingerprint density at radius 2 is 2.40 bits per heavy atom. The molecule has 2 heterocycles. The van der Waals surface area contributed by atoms with Gasteiger partial charge in [0.1, 0.15) is 5.52 Å². The highest BCUT2D eigenvalue weighted by Crippen LogP contribution is 2.18. The monoisotopic (exact) mass is 207 g/mol. The minimum Gasteiger partial charge on any atom is -0.423 e. The average Bonchev–Trinajstić information content (AvgIpc) is 2.57. The second kappa shape index (κ2) is 3.96. The van der Waals surface area contributed by atoms with Gasteiger partial charge in [-0.05, 0) is 13.1 Å². The van der Waals surface area contributed by atoms with Crippen molar-refractivity contribution in [3.8, 4) is 0 Å². The molecule has 0 radical (unpaired) electrons. The Morgan fingerprint density at radius 3 is 3.13 bits per heavy atom. The van der Waals surface area contributed by atoms with E-state index >= 15 is 0 Å². The first-order valence-electron chi connectivity index (χ1n) is 4.76. The van der Waals surface area contributed by atoms with Crippen LogP contribution in [0.15, 0.2) is 16.7 Å². The van der Waals surface area contributed by atoms with E-state index in [9.17, 15) is 5.11 Å². The van der Waals surface area contributed by atoms with Crippen LogP contribution >= 0.6 is 0 Å². The van der Waals surface area contributed by atoms with E-state index in [2.05, 4.69) is 15.3 Å². The number of nitrogens with zero attached hydrogens (tertiary/aromatic N) is 2. The number of aromatic nitrogens is 2. The van der Waals surface area contributed by atoms with E-state index < -0.39 is 6.10 Å². The Labute approximate surface area is 87.2 Å². The number of pyridine rings is 1. The molecule has 0 bridgehead atoms. The van der Waals surface area contributed by atoms with Gasteiger partial charge in [-0.3, -0.25) is 0 Å². The first-order valence-corrected chi connectivity index (χ1v) is 4.76. The van der Waals surface area contributed by atoms with Gasteiger partial charge in [0.25, 0.3) is 0 Å². The number of aliphatic hydroxyl groups is 1. The topological polar surface area (TPSA) is 71.2 Å². The third-order valence-corrected chi connectivity index (χ3v) is 2.16. The highest BCUT2D eigenvalue weighted by atomic mass is 16.4. The van der Waals surface area contributed by atoms with Crippen LogP contribution in [0.5, 0.6) is 0 Å². The summed E-state index contributed by atoms with van der Waals surface area (Å²) in [6, 6.07) is 1.79. The van der Waals surface area contributed by atoms with Crippen LogP contribution in [-0.2, 0) is 0 Å². The molecule has 0 amide bonds. The molecule has 1 atom stereocenters. The lowest BCUT2D eigenvalue weighted by molar-refractivity contribution is 0.177. The number of nitrogens with one attached hydrogen (secondary N) is 1. The van der Waals surface area contributed by atoms with E-state index in [1.807, 2.05) is 0 Å². The van der Waals surface area contributed by atoms with Crippen molar-refractivity contribution in [1.82, 2.24) is 15.3 Å². The van der Waals surface area contributed by atoms with Crippen molar-refractivity contribution in [2.45, 2.75) is 13.0 Å². The van der Waals surface area contributed by atoms with Crippen LogP contribution < -0.4 is 5.32 Å². The van der Waals surface area contributed by atoms with Crippen molar-refractivity contribution in [2.75, 3.05) is 13.6 Å². The summed E-state index contributed by atoms with van der Waals surface area (Å²) >= 11 is 0. The minimum absolute atomic E-state index is 0.490. The van der Waals surface area contributed by atoms with Crippen molar-refractivity contribution in [3.63, 3.8) is 0 Å². The van der Waals surface area contributed by atoms with E-state index in [4.69, 9.17) is 4.42 Å². The van der Waals surface area contributed by atoms with Gasteiger partial charge in [0, 0.05) is 25.2 Å². The third-order valence-electron chi connectivity index (χ3n) is 2.16. The molecule has 0 saturated heterocycles. The van der Waals surface area contributed by atoms with Crippen LogP contribution in [0.3, 0.4) is 0 Å². The predicted octanol–water partition coefficient (Wildman–Crippen LogP) is 0.784. The zero-order valence-electron chi connectivity index (χ0n) is 8.69. The lowest BCUT2D eigenvalue weighted by Crippen LogP contribution is -2.16. The fourth-order valence-electron chi connectivity index (χ4n) is 1.44. The molecule has 0 aliphatic carbocycles. The van der Waals surface area contributed by atoms with E-state index in [1.165, 1.54) is 0 Å². The fraction of sp³-hybridized carbons (Fsp3) is 0.400. The zero-order chi connectivity index (χ0) is 10.8. The summed E-state index contributed by atoms with van der Waals surface area (Å²) in [7, 11) is 1.79. The SMILES string of the molecule is CNCC(O)c1cnc2oc(C)nc2c1. The van der Waals surface area contributed by atoms with Crippen molar-refractivity contribution in [2.24, 2.45) is 0 Å². The summed E-state index contributed by atoms with van der Waals surface area (Å²) in [6.07, 6.45) is 1.04. The average molecular weight is 207 g/mol. The molecule has 15 heavy (non-hydrogen) atoms. The molecule has 2 rings (SSSR count). The van der Waals surface area contributed by atoms with Crippen molar-refractivity contribution in [1.29, 1.82) is 0 Å². The second-order valence-electron chi connectivity index (χ2n) is 3.40. The highest BCUT2D eigenvalue weighted by Gasteiger charge is 2.10. The highest BCUT2D eigenvalue weighted by molar-refractivity contribution is 5.68. The minimum atomic E-state index is -0.566. The smallest absolute Gasteiger partial charge is 0.246 e. The molecule has 2 N–H and O–H groups in total. The van der Waals surface area contributed by atoms with Crippen LogP contribution in [0.1, 0.15) is 17.6 Å². The van der Waals surface area contributed by atoms with Crippen LogP contribution in [0.2, 0.25) is 0 Å². The molecule has 0 saturated carbocycles. The molecular weight excluding hydrogens is 194 g/mol. The normalized spacial score (nSPS) is 13.3. The molecule has 5 nitrogen and oxygen atoms in total. The summed E-state index contributed by atoms with van der Waals surface area (Å²) in [4.78, 5) is 8.24. The number of hydrogen-bond donors (Lipinski definition) is 2. The predicted molar refractivity (Wildman–Crippen MR) is 55.4 cm³/mol. The number of fused-ring (bicyclic) bond motifs is 1. The van der Waals surface area contributed by atoms with Crippen molar-refractivity contribution >= 4 is 11.2 Å². The Hall–Kier alpha value is -1.46. The van der Waals surface area contributed by atoms with E-state index in [0.717, 1.165) is 5.56 Å². The second-order valence-corrected chi connectivity index (χ2v) is 3.40. The van der Waals surface area contributed by atoms with Crippen LogP contribution in [-0.4, -0.2) is 28.7 Å². The molecule has 0 aromatic carbocycles. The molecule has 5 heteroatoms. The first kappa shape index (κ1) is 10.1. The summed E-state index contributed by atoms with van der Waals surface area (Å²) in [5.41, 5.74) is 1.93. The maximum absolute atomic E-state index is 9.73. The Balaban J connectivity index is 2.37. The number of aliphatic hydroxyl groups excluding tert-OH is 1. The van der Waals surface area contributed by atoms with Crippen LogP contribution in [0, 0.1) is 6.92 Å². The summed E-state index contributed by atoms with van der Waals surface area (Å²) in [5, 5.41) is 12.6. The van der Waals surface area contributed by atoms with Crippen LogP contribution in [0.25, 0.3) is 11.2 Å². The van der Waals surface area contributed by atoms with E-state index in [1.54, 1.807) is 26.2 Å². The van der Waals surface area contributed by atoms with E-state index in [0.29, 0.717) is 23.7 Å². The van der Waals surface area contributed by atoms with Gasteiger partial charge < -0.3 is 14.8 Å². The molecule has 80 valence electrons. The maximum atomic E-state index is 9.73. The number of aryl methyl sites for hydroxylation is 1. The van der Waals surface area contributed by atoms with Gasteiger partial charge in [-0.25, -0.2) is 9.97 Å². The maximum Gasteiger partial charge on any atom is 0.246 e. The van der Waals surface area contributed by atoms with E-state index in [-0.39, 0.29) is 0 Å². The van der Waals surface area contributed by atoms with Gasteiger partial charge in [-0.1, -0.05) is 0 Å². The van der Waals surface area contributed by atoms with Gasteiger partial charge in [0.2, 0.25) is 5.71 Å². The molecule has 1 unspecified atom stereocenters. The van der Waals surface area contributed by atoms with Crippen LogP contribution in [0.4, 0.5) is 0 Å². The molecule has 2 aromatic rings. The molecule has 2 aromatic heterocycles. The number of hydrogen-bond acceptors (Lipinski definition) is 5. The number of oxazole rings is 1.